The highest BCUT2D eigenvalue weighted by atomic mass is 16.5. The summed E-state index contributed by atoms with van der Waals surface area (Å²) in [6, 6.07) is 13.7. The molecule has 0 bridgehead atoms. The smallest absolute Gasteiger partial charge is 0.276 e. The normalized spacial score (nSPS) is 16.1. The SMILES string of the molecule is CCCc1cc(C(=O)N2CCCC(c3cc(Nc4cccc(OC)c4)cc(C)n3)C2)no1. The van der Waals surface area contributed by atoms with E-state index in [0.29, 0.717) is 12.2 Å². The van der Waals surface area contributed by atoms with Gasteiger partial charge in [-0.3, -0.25) is 9.78 Å². The number of carbonyl (C=O) groups excluding carboxylic acids is 1. The van der Waals surface area contributed by atoms with E-state index in [0.717, 1.165) is 66.5 Å². The second-order valence-corrected chi connectivity index (χ2v) is 8.30. The summed E-state index contributed by atoms with van der Waals surface area (Å²) in [5.41, 5.74) is 4.27. The average Bonchev–Trinajstić information content (AvgIpc) is 3.27. The maximum atomic E-state index is 13.0. The van der Waals surface area contributed by atoms with Crippen LogP contribution in [0, 0.1) is 6.92 Å². The summed E-state index contributed by atoms with van der Waals surface area (Å²) in [4.78, 5) is 19.7. The van der Waals surface area contributed by atoms with Gasteiger partial charge >= 0.3 is 0 Å². The standard InChI is InChI=1S/C25H30N4O3/c1-4-7-22-15-24(28-32-22)25(30)29-11-6-8-18(16-29)23-14-20(12-17(2)26-23)27-19-9-5-10-21(13-19)31-3/h5,9-10,12-15,18H,4,6-8,11,16H2,1-3H3,(H,26,27). The first kappa shape index (κ1) is 21.9. The van der Waals surface area contributed by atoms with Crippen LogP contribution in [0.5, 0.6) is 5.75 Å². The van der Waals surface area contributed by atoms with E-state index in [4.69, 9.17) is 14.2 Å². The van der Waals surface area contributed by atoms with Crippen LogP contribution in [-0.4, -0.2) is 41.1 Å². The minimum absolute atomic E-state index is 0.0665. The predicted octanol–water partition coefficient (Wildman–Crippen LogP) is 5.10. The molecule has 7 nitrogen and oxygen atoms in total. The Balaban J connectivity index is 1.49. The van der Waals surface area contributed by atoms with Crippen molar-refractivity contribution in [3.63, 3.8) is 0 Å². The molecule has 3 heterocycles. The van der Waals surface area contributed by atoms with Crippen LogP contribution in [0.1, 0.15) is 59.7 Å². The number of benzene rings is 1. The lowest BCUT2D eigenvalue weighted by atomic mass is 9.93. The van der Waals surface area contributed by atoms with Crippen molar-refractivity contribution in [3.05, 3.63) is 65.3 Å². The van der Waals surface area contributed by atoms with Crippen molar-refractivity contribution in [2.24, 2.45) is 0 Å². The van der Waals surface area contributed by atoms with Crippen LogP contribution in [0.25, 0.3) is 0 Å². The summed E-state index contributed by atoms with van der Waals surface area (Å²) in [5, 5.41) is 7.45. The first-order valence-electron chi connectivity index (χ1n) is 11.2. The van der Waals surface area contributed by atoms with Gasteiger partial charge in [0.1, 0.15) is 11.5 Å². The number of aromatic nitrogens is 2. The zero-order valence-electron chi connectivity index (χ0n) is 18.9. The highest BCUT2D eigenvalue weighted by molar-refractivity contribution is 5.92. The summed E-state index contributed by atoms with van der Waals surface area (Å²) < 4.78 is 10.6. The van der Waals surface area contributed by atoms with Crippen molar-refractivity contribution in [2.45, 2.75) is 45.4 Å². The Morgan fingerprint density at radius 2 is 2.12 bits per heavy atom. The summed E-state index contributed by atoms with van der Waals surface area (Å²) in [5.74, 6) is 1.68. The Bertz CT molecular complexity index is 1080. The van der Waals surface area contributed by atoms with Gasteiger partial charge in [-0.05, 0) is 50.5 Å². The van der Waals surface area contributed by atoms with E-state index in [-0.39, 0.29) is 11.8 Å². The van der Waals surface area contributed by atoms with Gasteiger partial charge in [0.2, 0.25) is 0 Å². The van der Waals surface area contributed by atoms with Gasteiger partial charge in [-0.2, -0.15) is 0 Å². The molecule has 3 aromatic rings. The van der Waals surface area contributed by atoms with E-state index in [1.165, 1.54) is 0 Å². The van der Waals surface area contributed by atoms with Crippen LogP contribution in [0.15, 0.2) is 47.0 Å². The van der Waals surface area contributed by atoms with Crippen molar-refractivity contribution in [3.8, 4) is 5.75 Å². The second kappa shape index (κ2) is 9.85. The number of hydrogen-bond acceptors (Lipinski definition) is 6. The number of methoxy groups -OCH3 is 1. The number of carbonyl (C=O) groups is 1. The number of nitrogens with one attached hydrogen (secondary N) is 1. The number of amides is 1. The van der Waals surface area contributed by atoms with Gasteiger partial charge < -0.3 is 19.5 Å². The van der Waals surface area contributed by atoms with Crippen molar-refractivity contribution >= 4 is 17.3 Å². The first-order chi connectivity index (χ1) is 15.6. The molecular weight excluding hydrogens is 404 g/mol. The summed E-state index contributed by atoms with van der Waals surface area (Å²) in [6.45, 7) is 5.43. The zero-order valence-corrected chi connectivity index (χ0v) is 18.9. The monoisotopic (exact) mass is 434 g/mol. The molecule has 0 radical (unpaired) electrons. The maximum Gasteiger partial charge on any atom is 0.276 e. The molecule has 7 heteroatoms. The Hall–Kier alpha value is -3.35. The quantitative estimate of drug-likeness (QED) is 0.557. The Kier molecular flexibility index (Phi) is 6.73. The molecule has 32 heavy (non-hydrogen) atoms. The van der Waals surface area contributed by atoms with Crippen molar-refractivity contribution in [1.82, 2.24) is 15.0 Å². The fraction of sp³-hybridized carbons (Fsp3) is 0.400. The van der Waals surface area contributed by atoms with Gasteiger partial charge in [0, 0.05) is 60.3 Å². The molecule has 168 valence electrons. The number of hydrogen-bond donors (Lipinski definition) is 1. The van der Waals surface area contributed by atoms with Crippen molar-refractivity contribution < 1.29 is 14.1 Å². The third-order valence-electron chi connectivity index (χ3n) is 5.73. The first-order valence-corrected chi connectivity index (χ1v) is 11.2. The van der Waals surface area contributed by atoms with Gasteiger partial charge in [-0.1, -0.05) is 18.1 Å². The number of nitrogens with zero attached hydrogens (tertiary/aromatic N) is 3. The van der Waals surface area contributed by atoms with E-state index in [1.54, 1.807) is 13.2 Å². The fourth-order valence-corrected chi connectivity index (χ4v) is 4.19. The number of anilines is 2. The molecule has 1 aliphatic heterocycles. The largest absolute Gasteiger partial charge is 0.497 e. The van der Waals surface area contributed by atoms with Crippen LogP contribution in [0.2, 0.25) is 0 Å². The van der Waals surface area contributed by atoms with Crippen LogP contribution in [0.3, 0.4) is 0 Å². The summed E-state index contributed by atoms with van der Waals surface area (Å²) >= 11 is 0. The predicted molar refractivity (Wildman–Crippen MR) is 124 cm³/mol. The number of aryl methyl sites for hydroxylation is 2. The van der Waals surface area contributed by atoms with E-state index >= 15 is 0 Å². The zero-order chi connectivity index (χ0) is 22.5. The molecule has 1 atom stereocenters. The molecule has 0 saturated carbocycles. The van der Waals surface area contributed by atoms with Gasteiger partial charge in [-0.25, -0.2) is 0 Å². The van der Waals surface area contributed by atoms with Gasteiger partial charge in [0.25, 0.3) is 5.91 Å². The molecule has 4 rings (SSSR count). The Morgan fingerprint density at radius 3 is 2.94 bits per heavy atom. The van der Waals surface area contributed by atoms with Crippen LogP contribution < -0.4 is 10.1 Å². The van der Waals surface area contributed by atoms with E-state index in [1.807, 2.05) is 42.2 Å². The van der Waals surface area contributed by atoms with Crippen LogP contribution in [-0.2, 0) is 6.42 Å². The molecule has 1 N–H and O–H groups in total. The number of pyridine rings is 1. The molecule has 1 amide bonds. The lowest BCUT2D eigenvalue weighted by Crippen LogP contribution is -2.39. The highest BCUT2D eigenvalue weighted by Gasteiger charge is 2.28. The van der Waals surface area contributed by atoms with E-state index in [2.05, 4.69) is 23.5 Å². The third-order valence-corrected chi connectivity index (χ3v) is 5.73. The second-order valence-electron chi connectivity index (χ2n) is 8.30. The number of likely N-dealkylation sites (tertiary alicyclic amines) is 1. The Morgan fingerprint density at radius 1 is 1.25 bits per heavy atom. The molecule has 1 unspecified atom stereocenters. The molecule has 1 aliphatic rings. The highest BCUT2D eigenvalue weighted by Crippen LogP contribution is 2.30. The Labute approximate surface area is 188 Å². The van der Waals surface area contributed by atoms with Crippen molar-refractivity contribution in [2.75, 3.05) is 25.5 Å². The molecule has 1 saturated heterocycles. The number of ether oxygens (including phenoxy) is 1. The summed E-state index contributed by atoms with van der Waals surface area (Å²) in [7, 11) is 1.66. The van der Waals surface area contributed by atoms with E-state index in [9.17, 15) is 4.79 Å². The van der Waals surface area contributed by atoms with Crippen LogP contribution >= 0.6 is 0 Å². The van der Waals surface area contributed by atoms with Gasteiger partial charge in [0.05, 0.1) is 7.11 Å². The van der Waals surface area contributed by atoms with E-state index < -0.39 is 0 Å². The van der Waals surface area contributed by atoms with Gasteiger partial charge in [-0.15, -0.1) is 0 Å². The molecule has 2 aromatic heterocycles. The number of rotatable bonds is 7. The minimum atomic E-state index is -0.0665. The molecular formula is C25H30N4O3. The fourth-order valence-electron chi connectivity index (χ4n) is 4.19. The van der Waals surface area contributed by atoms with Gasteiger partial charge in [0.15, 0.2) is 5.69 Å². The lowest BCUT2D eigenvalue weighted by Gasteiger charge is -2.32. The van der Waals surface area contributed by atoms with Crippen LogP contribution in [0.4, 0.5) is 11.4 Å². The maximum absolute atomic E-state index is 13.0. The summed E-state index contributed by atoms with van der Waals surface area (Å²) in [6.07, 6.45) is 3.68. The number of piperidine rings is 1. The van der Waals surface area contributed by atoms with Crippen molar-refractivity contribution in [1.29, 1.82) is 0 Å². The molecule has 0 aliphatic carbocycles. The third kappa shape index (κ3) is 5.10. The lowest BCUT2D eigenvalue weighted by molar-refractivity contribution is 0.0695. The topological polar surface area (TPSA) is 80.5 Å². The minimum Gasteiger partial charge on any atom is -0.497 e. The molecule has 0 spiro atoms. The molecule has 1 aromatic carbocycles. The average molecular weight is 435 g/mol. The molecule has 1 fully saturated rings.